The van der Waals surface area contributed by atoms with E-state index in [1.807, 2.05) is 0 Å². The zero-order chi connectivity index (χ0) is 10.3. The molecule has 0 atom stereocenters. The van der Waals surface area contributed by atoms with Crippen LogP contribution in [-0.2, 0) is 0 Å². The van der Waals surface area contributed by atoms with Crippen molar-refractivity contribution in [1.82, 2.24) is 4.73 Å². The van der Waals surface area contributed by atoms with Crippen molar-refractivity contribution in [3.05, 3.63) is 44.9 Å². The van der Waals surface area contributed by atoms with E-state index >= 15 is 0 Å². The second-order valence-electron chi connectivity index (χ2n) is 2.77. The van der Waals surface area contributed by atoms with Gasteiger partial charge in [-0.05, 0) is 6.07 Å². The third-order valence-electron chi connectivity index (χ3n) is 1.91. The summed E-state index contributed by atoms with van der Waals surface area (Å²) < 4.78 is 0.522. The minimum absolute atomic E-state index is 0.0358. The van der Waals surface area contributed by atoms with Crippen LogP contribution < -0.4 is 0 Å². The first kappa shape index (κ1) is 8.83. The molecule has 0 aliphatic carbocycles. The molecule has 72 valence electrons. The van der Waals surface area contributed by atoms with Gasteiger partial charge in [0.1, 0.15) is 5.02 Å². The molecule has 6 heteroatoms. The van der Waals surface area contributed by atoms with Gasteiger partial charge in [0.15, 0.2) is 0 Å². The van der Waals surface area contributed by atoms with E-state index in [0.717, 1.165) is 6.20 Å². The molecule has 0 aliphatic rings. The fourth-order valence-corrected chi connectivity index (χ4v) is 1.57. The average Bonchev–Trinajstić information content (AvgIpc) is 2.43. The Hall–Kier alpha value is -1.75. The van der Waals surface area contributed by atoms with Gasteiger partial charge in [-0.25, -0.2) is 0 Å². The number of fused-ring (bicyclic) bond motifs is 1. The predicted octanol–water partition coefficient (Wildman–Crippen LogP) is 2.55. The quantitative estimate of drug-likeness (QED) is 0.538. The van der Waals surface area contributed by atoms with E-state index in [-0.39, 0.29) is 16.1 Å². The lowest BCUT2D eigenvalue weighted by atomic mass is 10.2. The summed E-state index contributed by atoms with van der Waals surface area (Å²) in [6.45, 7) is 0. The van der Waals surface area contributed by atoms with Crippen molar-refractivity contribution in [2.45, 2.75) is 0 Å². The molecule has 0 amide bonds. The Labute approximate surface area is 83.2 Å². The molecule has 0 saturated heterocycles. The molecule has 0 bridgehead atoms. The molecule has 1 aromatic heterocycles. The van der Waals surface area contributed by atoms with Crippen molar-refractivity contribution in [3.8, 4) is 0 Å². The Morgan fingerprint density at radius 1 is 1.36 bits per heavy atom. The molecule has 2 aromatic rings. The van der Waals surface area contributed by atoms with E-state index in [9.17, 15) is 15.3 Å². The molecule has 0 saturated carbocycles. The Kier molecular flexibility index (Phi) is 1.82. The normalized spacial score (nSPS) is 10.6. The van der Waals surface area contributed by atoms with E-state index in [1.165, 1.54) is 12.3 Å². The highest BCUT2D eigenvalue weighted by molar-refractivity contribution is 6.34. The molecule has 5 nitrogen and oxygen atoms in total. The summed E-state index contributed by atoms with van der Waals surface area (Å²) in [5.74, 6) is 0. The van der Waals surface area contributed by atoms with Crippen molar-refractivity contribution in [2.24, 2.45) is 0 Å². The maximum atomic E-state index is 10.9. The van der Waals surface area contributed by atoms with E-state index in [2.05, 4.69) is 0 Å². The second kappa shape index (κ2) is 2.88. The highest BCUT2D eigenvalue weighted by atomic mass is 35.5. The summed E-state index contributed by atoms with van der Waals surface area (Å²) in [5, 5.41) is 22.4. The number of hydrogen-bond acceptors (Lipinski definition) is 3. The predicted molar refractivity (Wildman–Crippen MR) is 52.4 cm³/mol. The molecule has 0 aliphatic heterocycles. The SMILES string of the molecule is O=[N+]([O-])c1c(Cl)ccc2cn([O-])cc12. The first-order valence-corrected chi connectivity index (χ1v) is 4.09. The van der Waals surface area contributed by atoms with E-state index in [0.29, 0.717) is 10.1 Å². The van der Waals surface area contributed by atoms with Gasteiger partial charge in [0.2, 0.25) is 0 Å². The number of hydrogen-bond donors (Lipinski definition) is 0. The highest BCUT2D eigenvalue weighted by Gasteiger charge is 2.17. The van der Waals surface area contributed by atoms with Crippen LogP contribution in [0.5, 0.6) is 0 Å². The van der Waals surface area contributed by atoms with Crippen LogP contribution in [0.2, 0.25) is 5.02 Å². The standard InChI is InChI=1S/C8H4ClN2O3/c9-7-2-1-5-3-10(12)4-6(5)8(7)11(13)14/h1-4H/q-1. The Morgan fingerprint density at radius 2 is 2.07 bits per heavy atom. The van der Waals surface area contributed by atoms with Gasteiger partial charge in [-0.2, -0.15) is 0 Å². The number of rotatable bonds is 1. The Morgan fingerprint density at radius 3 is 2.71 bits per heavy atom. The summed E-state index contributed by atoms with van der Waals surface area (Å²) in [4.78, 5) is 10.1. The first-order valence-electron chi connectivity index (χ1n) is 3.71. The lowest BCUT2D eigenvalue weighted by Crippen LogP contribution is -1.89. The molecule has 0 unspecified atom stereocenters. The lowest BCUT2D eigenvalue weighted by molar-refractivity contribution is -0.382. The molecule has 1 aromatic carbocycles. The average molecular weight is 212 g/mol. The maximum absolute atomic E-state index is 10.9. The third-order valence-corrected chi connectivity index (χ3v) is 2.21. The molecule has 0 fully saturated rings. The van der Waals surface area contributed by atoms with Crippen molar-refractivity contribution < 1.29 is 4.92 Å². The van der Waals surface area contributed by atoms with Crippen LogP contribution in [0.1, 0.15) is 0 Å². The highest BCUT2D eigenvalue weighted by Crippen LogP contribution is 2.33. The minimum atomic E-state index is -0.593. The lowest BCUT2D eigenvalue weighted by Gasteiger charge is -2.00. The summed E-state index contributed by atoms with van der Waals surface area (Å²) in [6.07, 6.45) is 2.40. The number of aromatic nitrogens is 1. The van der Waals surface area contributed by atoms with Crippen molar-refractivity contribution in [1.29, 1.82) is 0 Å². The van der Waals surface area contributed by atoms with Crippen LogP contribution in [0, 0.1) is 15.3 Å². The van der Waals surface area contributed by atoms with Crippen LogP contribution in [0.15, 0.2) is 24.5 Å². The van der Waals surface area contributed by atoms with Gasteiger partial charge in [-0.3, -0.25) is 10.1 Å². The molecule has 1 heterocycles. The van der Waals surface area contributed by atoms with Gasteiger partial charge in [-0.15, -0.1) is 0 Å². The van der Waals surface area contributed by atoms with Crippen LogP contribution in [0.3, 0.4) is 0 Å². The van der Waals surface area contributed by atoms with Crippen LogP contribution in [0.4, 0.5) is 5.69 Å². The number of halogens is 1. The molecule has 0 spiro atoms. The van der Waals surface area contributed by atoms with E-state index in [4.69, 9.17) is 11.6 Å². The largest absolute Gasteiger partial charge is 0.806 e. The molecular formula is C8H4ClN2O3-. The zero-order valence-electron chi connectivity index (χ0n) is 6.81. The van der Waals surface area contributed by atoms with E-state index < -0.39 is 4.92 Å². The molecule has 0 N–H and O–H groups in total. The number of benzene rings is 1. The van der Waals surface area contributed by atoms with Gasteiger partial charge in [0.25, 0.3) is 5.69 Å². The van der Waals surface area contributed by atoms with Gasteiger partial charge in [0, 0.05) is 17.8 Å². The Balaban J connectivity index is 2.88. The van der Waals surface area contributed by atoms with Crippen molar-refractivity contribution in [2.75, 3.05) is 0 Å². The van der Waals surface area contributed by atoms with Crippen LogP contribution in [-0.4, -0.2) is 9.65 Å². The Bertz CT molecular complexity index is 521. The molecule has 2 rings (SSSR count). The van der Waals surface area contributed by atoms with E-state index in [1.54, 1.807) is 6.07 Å². The molecule has 0 radical (unpaired) electrons. The smallest absolute Gasteiger partial charge is 0.297 e. The summed E-state index contributed by atoms with van der Waals surface area (Å²) in [7, 11) is 0. The van der Waals surface area contributed by atoms with Crippen molar-refractivity contribution >= 4 is 28.1 Å². The zero-order valence-corrected chi connectivity index (χ0v) is 7.56. The minimum Gasteiger partial charge on any atom is -0.806 e. The topological polar surface area (TPSA) is 71.1 Å². The van der Waals surface area contributed by atoms with Gasteiger partial charge < -0.3 is 9.94 Å². The summed E-state index contributed by atoms with van der Waals surface area (Å²) in [5.41, 5.74) is -0.223. The van der Waals surface area contributed by atoms with Gasteiger partial charge >= 0.3 is 0 Å². The fourth-order valence-electron chi connectivity index (χ4n) is 1.33. The van der Waals surface area contributed by atoms with Crippen LogP contribution >= 0.6 is 11.6 Å². The molecule has 14 heavy (non-hydrogen) atoms. The summed E-state index contributed by atoms with van der Waals surface area (Å²) in [6, 6.07) is 2.97. The molecular weight excluding hydrogens is 208 g/mol. The first-order chi connectivity index (χ1) is 6.59. The van der Waals surface area contributed by atoms with Gasteiger partial charge in [-0.1, -0.05) is 17.7 Å². The van der Waals surface area contributed by atoms with Gasteiger partial charge in [0.05, 0.1) is 10.3 Å². The number of nitro groups is 1. The van der Waals surface area contributed by atoms with Crippen LogP contribution in [0.25, 0.3) is 10.8 Å². The fraction of sp³-hybridized carbons (Fsp3) is 0. The monoisotopic (exact) mass is 211 g/mol. The number of nitro benzene ring substituents is 1. The second-order valence-corrected chi connectivity index (χ2v) is 3.18. The van der Waals surface area contributed by atoms with Crippen molar-refractivity contribution in [3.63, 3.8) is 0 Å². The summed E-state index contributed by atoms with van der Waals surface area (Å²) >= 11 is 5.65. The number of nitrogens with zero attached hydrogens (tertiary/aromatic N) is 2. The maximum Gasteiger partial charge on any atom is 0.297 e. The third kappa shape index (κ3) is 1.18.